The summed E-state index contributed by atoms with van der Waals surface area (Å²) in [5.41, 5.74) is 0. The molecule has 4 nitrogen and oxygen atoms in total. The lowest BCUT2D eigenvalue weighted by atomic mass is 10.1. The number of aliphatic hydroxyl groups excluding tert-OH is 1. The highest BCUT2D eigenvalue weighted by molar-refractivity contribution is 5.69. The van der Waals surface area contributed by atoms with Crippen molar-refractivity contribution in [3.63, 3.8) is 0 Å². The Morgan fingerprint density at radius 3 is 1.32 bits per heavy atom. The maximum absolute atomic E-state index is 12.2. The van der Waals surface area contributed by atoms with Crippen LogP contribution < -0.4 is 0 Å². The molecular formula is C43H78O4. The van der Waals surface area contributed by atoms with Crippen molar-refractivity contribution in [2.24, 2.45) is 0 Å². The second-order valence-electron chi connectivity index (χ2n) is 13.3. The van der Waals surface area contributed by atoms with Gasteiger partial charge in [-0.3, -0.25) is 4.79 Å². The number of hydrogen-bond acceptors (Lipinski definition) is 4. The van der Waals surface area contributed by atoms with Crippen LogP contribution in [0.1, 0.15) is 194 Å². The molecule has 4 heteroatoms. The molecule has 0 heterocycles. The fourth-order valence-electron chi connectivity index (χ4n) is 5.56. The van der Waals surface area contributed by atoms with Crippen molar-refractivity contribution in [3.8, 4) is 0 Å². The third-order valence-electron chi connectivity index (χ3n) is 8.63. The second-order valence-corrected chi connectivity index (χ2v) is 13.3. The average molecular weight is 659 g/mol. The standard InChI is InChI=1S/C43H78O4/c1-3-5-7-9-11-13-15-17-19-21-22-23-24-26-28-30-32-34-36-38-43(45)47-42(40-44)41-46-39-37-35-33-31-29-27-25-20-18-16-14-12-10-8-6-4-2/h11-14,17-20,42,44H,3-10,15-16,21-41H2,1-2H3/b13-11-,14-12-,19-17-,20-18-. The minimum atomic E-state index is -0.542. The Kier molecular flexibility index (Phi) is 39.1. The number of ether oxygens (including phenoxy) is 2. The van der Waals surface area contributed by atoms with E-state index in [-0.39, 0.29) is 19.2 Å². The molecule has 47 heavy (non-hydrogen) atoms. The first-order chi connectivity index (χ1) is 23.2. The molecule has 0 aliphatic rings. The monoisotopic (exact) mass is 659 g/mol. The lowest BCUT2D eigenvalue weighted by molar-refractivity contribution is -0.154. The topological polar surface area (TPSA) is 55.8 Å². The van der Waals surface area contributed by atoms with Gasteiger partial charge >= 0.3 is 5.97 Å². The number of allylic oxidation sites excluding steroid dienone is 8. The molecule has 0 aromatic rings. The summed E-state index contributed by atoms with van der Waals surface area (Å²) in [6.07, 6.45) is 51.5. The van der Waals surface area contributed by atoms with Gasteiger partial charge in [0.1, 0.15) is 6.10 Å². The largest absolute Gasteiger partial charge is 0.457 e. The fraction of sp³-hybridized carbons (Fsp3) is 0.791. The number of esters is 1. The van der Waals surface area contributed by atoms with Crippen molar-refractivity contribution in [1.29, 1.82) is 0 Å². The van der Waals surface area contributed by atoms with Gasteiger partial charge in [-0.25, -0.2) is 0 Å². The molecule has 0 bridgehead atoms. The van der Waals surface area contributed by atoms with E-state index >= 15 is 0 Å². The SMILES string of the molecule is CCCCC/C=C\C/C=C\CCCCCCCCCCCC(=O)OC(CO)COCCCCCCCC/C=C\C/C=C\CCCCC. The first kappa shape index (κ1) is 45.3. The van der Waals surface area contributed by atoms with Crippen LogP contribution in [0.4, 0.5) is 0 Å². The second kappa shape index (κ2) is 40.5. The van der Waals surface area contributed by atoms with Gasteiger partial charge in [-0.2, -0.15) is 0 Å². The smallest absolute Gasteiger partial charge is 0.306 e. The minimum Gasteiger partial charge on any atom is -0.457 e. The van der Waals surface area contributed by atoms with E-state index in [9.17, 15) is 9.90 Å². The van der Waals surface area contributed by atoms with Crippen LogP contribution in [0, 0.1) is 0 Å². The Morgan fingerprint density at radius 2 is 0.894 bits per heavy atom. The van der Waals surface area contributed by atoms with Crippen LogP contribution >= 0.6 is 0 Å². The van der Waals surface area contributed by atoms with E-state index in [2.05, 4.69) is 62.5 Å². The number of carbonyl (C=O) groups is 1. The predicted molar refractivity (Wildman–Crippen MR) is 205 cm³/mol. The van der Waals surface area contributed by atoms with Crippen molar-refractivity contribution in [2.45, 2.75) is 200 Å². The lowest BCUT2D eigenvalue weighted by Gasteiger charge is -2.15. The van der Waals surface area contributed by atoms with Gasteiger partial charge in [0.15, 0.2) is 0 Å². The van der Waals surface area contributed by atoms with Crippen molar-refractivity contribution in [3.05, 3.63) is 48.6 Å². The van der Waals surface area contributed by atoms with Gasteiger partial charge in [0, 0.05) is 13.0 Å². The molecule has 0 aromatic carbocycles. The Balaban J connectivity index is 3.46. The summed E-state index contributed by atoms with van der Waals surface area (Å²) in [6.45, 7) is 5.27. The van der Waals surface area contributed by atoms with Crippen LogP contribution in [0.15, 0.2) is 48.6 Å². The number of unbranched alkanes of at least 4 members (excludes halogenated alkanes) is 21. The third kappa shape index (κ3) is 38.7. The molecule has 274 valence electrons. The van der Waals surface area contributed by atoms with Crippen LogP contribution in [-0.4, -0.2) is 37.0 Å². The van der Waals surface area contributed by atoms with Gasteiger partial charge in [-0.15, -0.1) is 0 Å². The Morgan fingerprint density at radius 1 is 0.511 bits per heavy atom. The first-order valence-electron chi connectivity index (χ1n) is 20.2. The molecule has 0 aromatic heterocycles. The summed E-state index contributed by atoms with van der Waals surface area (Å²) in [5, 5.41) is 9.58. The van der Waals surface area contributed by atoms with Crippen LogP contribution in [0.3, 0.4) is 0 Å². The van der Waals surface area contributed by atoms with Gasteiger partial charge in [0.25, 0.3) is 0 Å². The van der Waals surface area contributed by atoms with E-state index in [4.69, 9.17) is 9.47 Å². The van der Waals surface area contributed by atoms with Crippen LogP contribution in [0.2, 0.25) is 0 Å². The van der Waals surface area contributed by atoms with E-state index < -0.39 is 6.10 Å². The summed E-state index contributed by atoms with van der Waals surface area (Å²) in [4.78, 5) is 12.2. The zero-order valence-electron chi connectivity index (χ0n) is 31.3. The molecule has 0 aliphatic heterocycles. The molecular weight excluding hydrogens is 580 g/mol. The van der Waals surface area contributed by atoms with Crippen LogP contribution in [-0.2, 0) is 14.3 Å². The van der Waals surface area contributed by atoms with Crippen molar-refractivity contribution in [2.75, 3.05) is 19.8 Å². The van der Waals surface area contributed by atoms with E-state index in [0.717, 1.165) is 38.5 Å². The molecule has 0 fully saturated rings. The summed E-state index contributed by atoms with van der Waals surface area (Å²) >= 11 is 0. The fourth-order valence-corrected chi connectivity index (χ4v) is 5.56. The third-order valence-corrected chi connectivity index (χ3v) is 8.63. The number of rotatable bonds is 37. The number of carbonyl (C=O) groups excluding carboxylic acids is 1. The van der Waals surface area contributed by atoms with Gasteiger partial charge in [0.05, 0.1) is 13.2 Å². The zero-order chi connectivity index (χ0) is 34.1. The molecule has 0 rings (SSSR count). The van der Waals surface area contributed by atoms with Crippen molar-refractivity contribution >= 4 is 5.97 Å². The summed E-state index contributed by atoms with van der Waals surface area (Å²) < 4.78 is 11.1. The number of aliphatic hydroxyl groups is 1. The van der Waals surface area contributed by atoms with Gasteiger partial charge < -0.3 is 14.6 Å². The van der Waals surface area contributed by atoms with E-state index in [0.29, 0.717) is 13.0 Å². The van der Waals surface area contributed by atoms with Crippen LogP contribution in [0.5, 0.6) is 0 Å². The average Bonchev–Trinajstić information content (AvgIpc) is 3.08. The van der Waals surface area contributed by atoms with Gasteiger partial charge in [-0.05, 0) is 77.0 Å². The maximum atomic E-state index is 12.2. The lowest BCUT2D eigenvalue weighted by Crippen LogP contribution is -2.27. The molecule has 0 spiro atoms. The molecule has 1 N–H and O–H groups in total. The molecule has 0 aliphatic carbocycles. The van der Waals surface area contributed by atoms with Crippen LogP contribution in [0.25, 0.3) is 0 Å². The highest BCUT2D eigenvalue weighted by atomic mass is 16.6. The van der Waals surface area contributed by atoms with Crippen molar-refractivity contribution < 1.29 is 19.4 Å². The Hall–Kier alpha value is -1.65. The van der Waals surface area contributed by atoms with Gasteiger partial charge in [-0.1, -0.05) is 159 Å². The van der Waals surface area contributed by atoms with E-state index in [1.165, 1.54) is 135 Å². The highest BCUT2D eigenvalue weighted by Gasteiger charge is 2.13. The molecule has 1 unspecified atom stereocenters. The minimum absolute atomic E-state index is 0.178. The van der Waals surface area contributed by atoms with Crippen molar-refractivity contribution in [1.82, 2.24) is 0 Å². The molecule has 0 saturated carbocycles. The predicted octanol–water partition coefficient (Wildman–Crippen LogP) is 13.1. The summed E-state index contributed by atoms with van der Waals surface area (Å²) in [6, 6.07) is 0. The highest BCUT2D eigenvalue weighted by Crippen LogP contribution is 2.13. The normalized spacial score (nSPS) is 12.8. The molecule has 0 saturated heterocycles. The first-order valence-corrected chi connectivity index (χ1v) is 20.2. The summed E-state index contributed by atoms with van der Waals surface area (Å²) in [5.74, 6) is -0.210. The Bertz CT molecular complexity index is 738. The number of hydrogen-bond donors (Lipinski definition) is 1. The zero-order valence-corrected chi connectivity index (χ0v) is 31.3. The Labute approximate surface area is 292 Å². The molecule has 1 atom stereocenters. The summed E-state index contributed by atoms with van der Waals surface area (Å²) in [7, 11) is 0. The molecule has 0 radical (unpaired) electrons. The van der Waals surface area contributed by atoms with E-state index in [1.807, 2.05) is 0 Å². The quantitative estimate of drug-likeness (QED) is 0.0410. The van der Waals surface area contributed by atoms with Gasteiger partial charge in [0.2, 0.25) is 0 Å². The maximum Gasteiger partial charge on any atom is 0.306 e. The van der Waals surface area contributed by atoms with E-state index in [1.54, 1.807) is 0 Å². The molecule has 0 amide bonds.